The Morgan fingerprint density at radius 2 is 1.59 bits per heavy atom. The van der Waals surface area contributed by atoms with Crippen LogP contribution in [0.5, 0.6) is 0 Å². The third-order valence-corrected chi connectivity index (χ3v) is 7.06. The van der Waals surface area contributed by atoms with E-state index >= 15 is 0 Å². The van der Waals surface area contributed by atoms with Crippen LogP contribution in [0.1, 0.15) is 62.2 Å². The number of nitrogens with zero attached hydrogens (tertiary/aromatic N) is 3. The lowest BCUT2D eigenvalue weighted by molar-refractivity contribution is 0.0793. The fourth-order valence-corrected chi connectivity index (χ4v) is 5.15. The standard InChI is InChI=1S/C25H38N6O3/c1-2-26-24(33)27-20-10-11-22(21(18-20)23(32)30-12-6-7-13-30)29-14-16-31(17-15-29)25(34)28-19-8-4-3-5-9-19/h10-11,18-19H,2-9,12-17H2,1H3,(H,28,34)(H2,26,27,33). The first-order valence-electron chi connectivity index (χ1n) is 12.8. The molecule has 9 heteroatoms. The van der Waals surface area contributed by atoms with Gasteiger partial charge in [0.25, 0.3) is 5.91 Å². The highest BCUT2D eigenvalue weighted by atomic mass is 16.2. The Balaban J connectivity index is 1.44. The van der Waals surface area contributed by atoms with Gasteiger partial charge in [0.05, 0.1) is 5.56 Å². The molecule has 1 aliphatic carbocycles. The second-order valence-electron chi connectivity index (χ2n) is 9.47. The zero-order valence-corrected chi connectivity index (χ0v) is 20.3. The summed E-state index contributed by atoms with van der Waals surface area (Å²) in [6.45, 7) is 6.50. The van der Waals surface area contributed by atoms with E-state index in [1.165, 1.54) is 19.3 Å². The third kappa shape index (κ3) is 5.93. The number of benzene rings is 1. The van der Waals surface area contributed by atoms with E-state index in [9.17, 15) is 14.4 Å². The lowest BCUT2D eigenvalue weighted by atomic mass is 9.96. The van der Waals surface area contributed by atoms with Crippen LogP contribution in [0.2, 0.25) is 0 Å². The quantitative estimate of drug-likeness (QED) is 0.616. The largest absolute Gasteiger partial charge is 0.367 e. The molecule has 3 N–H and O–H groups in total. The number of piperazine rings is 1. The van der Waals surface area contributed by atoms with Gasteiger partial charge in [-0.1, -0.05) is 19.3 Å². The molecule has 0 spiro atoms. The molecule has 0 atom stereocenters. The van der Waals surface area contributed by atoms with Crippen molar-refractivity contribution in [3.05, 3.63) is 23.8 Å². The number of likely N-dealkylation sites (tertiary alicyclic amines) is 1. The number of carbonyl (C=O) groups is 3. The molecule has 34 heavy (non-hydrogen) atoms. The van der Waals surface area contributed by atoms with Gasteiger partial charge in [0.2, 0.25) is 0 Å². The topological polar surface area (TPSA) is 97.0 Å². The first-order chi connectivity index (χ1) is 16.5. The number of urea groups is 2. The zero-order valence-electron chi connectivity index (χ0n) is 20.3. The van der Waals surface area contributed by atoms with Crippen LogP contribution in [-0.4, -0.2) is 79.6 Å². The van der Waals surface area contributed by atoms with Gasteiger partial charge in [-0.15, -0.1) is 0 Å². The molecular formula is C25H38N6O3. The van der Waals surface area contributed by atoms with Gasteiger partial charge in [0, 0.05) is 63.2 Å². The second kappa shape index (κ2) is 11.4. The van der Waals surface area contributed by atoms with Gasteiger partial charge < -0.3 is 30.7 Å². The van der Waals surface area contributed by atoms with Crippen molar-refractivity contribution in [3.8, 4) is 0 Å². The van der Waals surface area contributed by atoms with E-state index in [1.54, 1.807) is 6.07 Å². The Labute approximate surface area is 202 Å². The van der Waals surface area contributed by atoms with Crippen LogP contribution in [0.25, 0.3) is 0 Å². The van der Waals surface area contributed by atoms with Crippen molar-refractivity contribution in [1.82, 2.24) is 20.4 Å². The molecule has 4 rings (SSSR count). The van der Waals surface area contributed by atoms with Crippen LogP contribution < -0.4 is 20.9 Å². The Morgan fingerprint density at radius 1 is 0.882 bits per heavy atom. The minimum absolute atomic E-state index is 0.00419. The maximum Gasteiger partial charge on any atom is 0.319 e. The molecule has 0 unspecified atom stereocenters. The molecule has 0 aromatic heterocycles. The van der Waals surface area contributed by atoms with Crippen LogP contribution in [0.3, 0.4) is 0 Å². The first kappa shape index (κ1) is 24.2. The monoisotopic (exact) mass is 470 g/mol. The Hall–Kier alpha value is -2.97. The SMILES string of the molecule is CCNC(=O)Nc1ccc(N2CCN(C(=O)NC3CCCCC3)CC2)c(C(=O)N2CCCC2)c1. The Morgan fingerprint density at radius 3 is 2.26 bits per heavy atom. The van der Waals surface area contributed by atoms with E-state index < -0.39 is 0 Å². The molecule has 9 nitrogen and oxygen atoms in total. The normalized spacial score (nSPS) is 19.1. The summed E-state index contributed by atoms with van der Waals surface area (Å²) in [5.41, 5.74) is 2.07. The first-order valence-corrected chi connectivity index (χ1v) is 12.8. The molecule has 186 valence electrons. The van der Waals surface area contributed by atoms with Crippen molar-refractivity contribution in [2.24, 2.45) is 0 Å². The summed E-state index contributed by atoms with van der Waals surface area (Å²) >= 11 is 0. The van der Waals surface area contributed by atoms with E-state index in [-0.39, 0.29) is 18.0 Å². The molecule has 1 aromatic carbocycles. The van der Waals surface area contributed by atoms with E-state index in [1.807, 2.05) is 28.9 Å². The van der Waals surface area contributed by atoms with E-state index in [2.05, 4.69) is 20.9 Å². The fourth-order valence-electron chi connectivity index (χ4n) is 5.15. The van der Waals surface area contributed by atoms with Gasteiger partial charge in [0.1, 0.15) is 0 Å². The number of hydrogen-bond donors (Lipinski definition) is 3. The van der Waals surface area contributed by atoms with Crippen LogP contribution in [-0.2, 0) is 0 Å². The highest BCUT2D eigenvalue weighted by molar-refractivity contribution is 6.02. The van der Waals surface area contributed by atoms with Gasteiger partial charge in [-0.05, 0) is 50.8 Å². The smallest absolute Gasteiger partial charge is 0.319 e. The van der Waals surface area contributed by atoms with Crippen molar-refractivity contribution in [3.63, 3.8) is 0 Å². The van der Waals surface area contributed by atoms with Crippen molar-refractivity contribution < 1.29 is 14.4 Å². The van der Waals surface area contributed by atoms with Crippen LogP contribution >= 0.6 is 0 Å². The Bertz CT molecular complexity index is 871. The van der Waals surface area contributed by atoms with Crippen molar-refractivity contribution in [1.29, 1.82) is 0 Å². The molecule has 2 aliphatic heterocycles. The minimum Gasteiger partial charge on any atom is -0.367 e. The number of rotatable bonds is 5. The lowest BCUT2D eigenvalue weighted by Gasteiger charge is -2.38. The fraction of sp³-hybridized carbons (Fsp3) is 0.640. The molecular weight excluding hydrogens is 432 g/mol. The minimum atomic E-state index is -0.285. The molecule has 0 radical (unpaired) electrons. The average molecular weight is 471 g/mol. The van der Waals surface area contributed by atoms with Gasteiger partial charge in [-0.25, -0.2) is 9.59 Å². The lowest BCUT2D eigenvalue weighted by Crippen LogP contribution is -2.54. The Kier molecular flexibility index (Phi) is 8.13. The number of amides is 5. The van der Waals surface area contributed by atoms with Crippen LogP contribution in [0.15, 0.2) is 18.2 Å². The summed E-state index contributed by atoms with van der Waals surface area (Å²) in [4.78, 5) is 44.1. The summed E-state index contributed by atoms with van der Waals surface area (Å²) in [7, 11) is 0. The summed E-state index contributed by atoms with van der Waals surface area (Å²) in [6, 6.07) is 5.59. The van der Waals surface area contributed by atoms with E-state index in [4.69, 9.17) is 0 Å². The van der Waals surface area contributed by atoms with E-state index in [0.717, 1.165) is 44.5 Å². The van der Waals surface area contributed by atoms with Crippen molar-refractivity contribution in [2.75, 3.05) is 56.0 Å². The molecule has 3 aliphatic rings. The van der Waals surface area contributed by atoms with Crippen molar-refractivity contribution in [2.45, 2.75) is 57.9 Å². The number of hydrogen-bond acceptors (Lipinski definition) is 4. The predicted molar refractivity (Wildman–Crippen MR) is 133 cm³/mol. The average Bonchev–Trinajstić information content (AvgIpc) is 3.39. The van der Waals surface area contributed by atoms with Gasteiger partial charge in [-0.2, -0.15) is 0 Å². The van der Waals surface area contributed by atoms with E-state index in [0.29, 0.717) is 50.0 Å². The zero-order chi connectivity index (χ0) is 23.9. The molecule has 1 saturated carbocycles. The molecule has 2 heterocycles. The number of anilines is 2. The molecule has 1 aromatic rings. The summed E-state index contributed by atoms with van der Waals surface area (Å²) in [5.74, 6) is 0.00419. The van der Waals surface area contributed by atoms with Gasteiger partial charge in [-0.3, -0.25) is 4.79 Å². The predicted octanol–water partition coefficient (Wildman–Crippen LogP) is 3.23. The molecule has 3 fully saturated rings. The summed E-state index contributed by atoms with van der Waals surface area (Å²) in [6.07, 6.45) is 7.84. The number of carbonyl (C=O) groups excluding carboxylic acids is 3. The highest BCUT2D eigenvalue weighted by Crippen LogP contribution is 2.28. The summed E-state index contributed by atoms with van der Waals surface area (Å²) < 4.78 is 0. The summed E-state index contributed by atoms with van der Waals surface area (Å²) in [5, 5.41) is 8.75. The van der Waals surface area contributed by atoms with Crippen molar-refractivity contribution >= 4 is 29.3 Å². The number of nitrogens with one attached hydrogen (secondary N) is 3. The van der Waals surface area contributed by atoms with Gasteiger partial charge in [0.15, 0.2) is 0 Å². The molecule has 5 amide bonds. The van der Waals surface area contributed by atoms with Gasteiger partial charge >= 0.3 is 12.1 Å². The van der Waals surface area contributed by atoms with Crippen LogP contribution in [0.4, 0.5) is 21.0 Å². The van der Waals surface area contributed by atoms with Crippen LogP contribution in [0, 0.1) is 0 Å². The molecule has 2 saturated heterocycles. The maximum atomic E-state index is 13.4. The second-order valence-corrected chi connectivity index (χ2v) is 9.47. The maximum absolute atomic E-state index is 13.4. The highest BCUT2D eigenvalue weighted by Gasteiger charge is 2.28. The third-order valence-electron chi connectivity index (χ3n) is 7.06. The molecule has 0 bridgehead atoms.